The van der Waals surface area contributed by atoms with Gasteiger partial charge in [-0.2, -0.15) is 0 Å². The zero-order chi connectivity index (χ0) is 16.0. The molecule has 0 spiro atoms. The van der Waals surface area contributed by atoms with Gasteiger partial charge in [-0.05, 0) is 12.3 Å². The Balaban J connectivity index is 3.09. The molecule has 5 nitrogen and oxygen atoms in total. The van der Waals surface area contributed by atoms with Gasteiger partial charge in [0.2, 0.25) is 0 Å². The van der Waals surface area contributed by atoms with Gasteiger partial charge in [-0.25, -0.2) is 9.97 Å². The van der Waals surface area contributed by atoms with Crippen LogP contribution in [-0.4, -0.2) is 40.9 Å². The number of carbonyl (C=O) groups is 1. The molecule has 0 radical (unpaired) electrons. The van der Waals surface area contributed by atoms with Gasteiger partial charge >= 0.3 is 0 Å². The van der Waals surface area contributed by atoms with E-state index >= 15 is 0 Å². The average Bonchev–Trinajstić information content (AvgIpc) is 2.43. The summed E-state index contributed by atoms with van der Waals surface area (Å²) in [6, 6.07) is 0. The maximum Gasteiger partial charge on any atom is 0.274 e. The highest BCUT2D eigenvalue weighted by Gasteiger charge is 2.20. The molecule has 0 aliphatic heterocycles. The Labute approximate surface area is 128 Å². The predicted octanol–water partition coefficient (Wildman–Crippen LogP) is 3.15. The lowest BCUT2D eigenvalue weighted by molar-refractivity contribution is 0.0774. The van der Waals surface area contributed by atoms with Crippen LogP contribution in [0.4, 0.5) is 5.69 Å². The van der Waals surface area contributed by atoms with E-state index in [0.29, 0.717) is 24.0 Å². The minimum Gasteiger partial charge on any atom is -0.382 e. The highest BCUT2D eigenvalue weighted by molar-refractivity contribution is 5.97. The minimum absolute atomic E-state index is 0.0494. The van der Waals surface area contributed by atoms with Crippen molar-refractivity contribution >= 4 is 11.6 Å². The maximum atomic E-state index is 12.6. The lowest BCUT2D eigenvalue weighted by Gasteiger charge is -2.21. The Morgan fingerprint density at radius 3 is 2.52 bits per heavy atom. The van der Waals surface area contributed by atoms with Crippen LogP contribution in [0.3, 0.4) is 0 Å². The molecule has 0 saturated heterocycles. The van der Waals surface area contributed by atoms with Crippen molar-refractivity contribution < 1.29 is 4.79 Å². The number of aromatic nitrogens is 2. The largest absolute Gasteiger partial charge is 0.382 e. The Bertz CT molecular complexity index is 471. The van der Waals surface area contributed by atoms with Gasteiger partial charge in [-0.1, -0.05) is 34.6 Å². The monoisotopic (exact) mass is 292 g/mol. The van der Waals surface area contributed by atoms with Crippen LogP contribution in [-0.2, 0) is 0 Å². The standard InChI is InChI=1S/C16H28N4O/c1-7-8-17-13-9-18-15(12(4)5)19-14(13)16(21)20(6)10-11(2)3/h9,11-12,17H,7-8,10H2,1-6H3. The highest BCUT2D eigenvalue weighted by atomic mass is 16.2. The molecular weight excluding hydrogens is 264 g/mol. The van der Waals surface area contributed by atoms with Gasteiger partial charge in [0.25, 0.3) is 5.91 Å². The van der Waals surface area contributed by atoms with Crippen molar-refractivity contribution in [2.75, 3.05) is 25.5 Å². The van der Waals surface area contributed by atoms with Crippen LogP contribution in [0.5, 0.6) is 0 Å². The van der Waals surface area contributed by atoms with Crippen LogP contribution in [0.1, 0.15) is 63.3 Å². The third-order valence-corrected chi connectivity index (χ3v) is 3.08. The molecule has 0 atom stereocenters. The fraction of sp³-hybridized carbons (Fsp3) is 0.688. The van der Waals surface area contributed by atoms with Crippen LogP contribution < -0.4 is 5.32 Å². The van der Waals surface area contributed by atoms with Gasteiger partial charge in [0.05, 0.1) is 11.9 Å². The smallest absolute Gasteiger partial charge is 0.274 e. The lowest BCUT2D eigenvalue weighted by Crippen LogP contribution is -2.32. The van der Waals surface area contributed by atoms with Crippen molar-refractivity contribution in [2.45, 2.75) is 47.0 Å². The second kappa shape index (κ2) is 7.96. The first kappa shape index (κ1) is 17.4. The number of hydrogen-bond donors (Lipinski definition) is 1. The van der Waals surface area contributed by atoms with Gasteiger partial charge in [-0.15, -0.1) is 0 Å². The number of anilines is 1. The summed E-state index contributed by atoms with van der Waals surface area (Å²) >= 11 is 0. The molecular formula is C16H28N4O. The van der Waals surface area contributed by atoms with Crippen molar-refractivity contribution in [1.82, 2.24) is 14.9 Å². The lowest BCUT2D eigenvalue weighted by atomic mass is 10.1. The molecule has 0 unspecified atom stereocenters. The number of nitrogens with one attached hydrogen (secondary N) is 1. The van der Waals surface area contributed by atoms with E-state index in [2.05, 4.69) is 36.1 Å². The molecule has 1 aromatic rings. The zero-order valence-corrected chi connectivity index (χ0v) is 14.1. The third kappa shape index (κ3) is 4.99. The molecule has 0 aliphatic rings. The van der Waals surface area contributed by atoms with Crippen molar-refractivity contribution in [3.8, 4) is 0 Å². The first-order chi connectivity index (χ1) is 9.86. The van der Waals surface area contributed by atoms with Crippen molar-refractivity contribution in [3.63, 3.8) is 0 Å². The summed E-state index contributed by atoms with van der Waals surface area (Å²) in [5, 5.41) is 3.25. The molecule has 1 heterocycles. The normalized spacial score (nSPS) is 11.0. The van der Waals surface area contributed by atoms with Gasteiger partial charge in [0, 0.05) is 26.1 Å². The molecule has 0 aliphatic carbocycles. The first-order valence-corrected chi connectivity index (χ1v) is 7.73. The van der Waals surface area contributed by atoms with Crippen LogP contribution >= 0.6 is 0 Å². The molecule has 1 rings (SSSR count). The number of rotatable bonds is 7. The molecule has 5 heteroatoms. The van der Waals surface area contributed by atoms with E-state index in [0.717, 1.165) is 18.7 Å². The van der Waals surface area contributed by atoms with E-state index in [-0.39, 0.29) is 11.8 Å². The summed E-state index contributed by atoms with van der Waals surface area (Å²) in [5.74, 6) is 1.29. The van der Waals surface area contributed by atoms with Crippen molar-refractivity contribution in [1.29, 1.82) is 0 Å². The fourth-order valence-corrected chi connectivity index (χ4v) is 2.04. The third-order valence-electron chi connectivity index (χ3n) is 3.08. The SMILES string of the molecule is CCCNc1cnc(C(C)C)nc1C(=O)N(C)CC(C)C. The van der Waals surface area contributed by atoms with E-state index in [4.69, 9.17) is 0 Å². The predicted molar refractivity (Wildman–Crippen MR) is 86.7 cm³/mol. The van der Waals surface area contributed by atoms with E-state index in [1.165, 1.54) is 0 Å². The van der Waals surface area contributed by atoms with Gasteiger partial charge in [0.1, 0.15) is 5.82 Å². The van der Waals surface area contributed by atoms with Crippen LogP contribution in [0, 0.1) is 5.92 Å². The van der Waals surface area contributed by atoms with Gasteiger partial charge in [-0.3, -0.25) is 4.79 Å². The number of amides is 1. The molecule has 0 fully saturated rings. The summed E-state index contributed by atoms with van der Waals surface area (Å²) in [5.41, 5.74) is 1.20. The Morgan fingerprint density at radius 2 is 2.00 bits per heavy atom. The maximum absolute atomic E-state index is 12.6. The highest BCUT2D eigenvalue weighted by Crippen LogP contribution is 2.18. The van der Waals surface area contributed by atoms with Crippen LogP contribution in [0.15, 0.2) is 6.20 Å². The fourth-order valence-electron chi connectivity index (χ4n) is 2.04. The topological polar surface area (TPSA) is 58.1 Å². The second-order valence-electron chi connectivity index (χ2n) is 6.15. The summed E-state index contributed by atoms with van der Waals surface area (Å²) in [4.78, 5) is 23.2. The van der Waals surface area contributed by atoms with E-state index in [1.54, 1.807) is 11.1 Å². The number of nitrogens with zero attached hydrogens (tertiary/aromatic N) is 3. The number of carbonyl (C=O) groups excluding carboxylic acids is 1. The number of hydrogen-bond acceptors (Lipinski definition) is 4. The molecule has 1 aromatic heterocycles. The van der Waals surface area contributed by atoms with Gasteiger partial charge in [0.15, 0.2) is 5.69 Å². The summed E-state index contributed by atoms with van der Waals surface area (Å²) in [6.45, 7) is 11.9. The first-order valence-electron chi connectivity index (χ1n) is 7.73. The quantitative estimate of drug-likeness (QED) is 0.838. The summed E-state index contributed by atoms with van der Waals surface area (Å²) in [7, 11) is 1.82. The minimum atomic E-state index is -0.0494. The molecule has 118 valence electrons. The summed E-state index contributed by atoms with van der Waals surface area (Å²) < 4.78 is 0. The Hall–Kier alpha value is -1.65. The molecule has 0 aromatic carbocycles. The molecule has 0 bridgehead atoms. The molecule has 21 heavy (non-hydrogen) atoms. The second-order valence-corrected chi connectivity index (χ2v) is 6.15. The van der Waals surface area contributed by atoms with E-state index in [9.17, 15) is 4.79 Å². The Kier molecular flexibility index (Phi) is 6.59. The van der Waals surface area contributed by atoms with Crippen molar-refractivity contribution in [3.05, 3.63) is 17.7 Å². The molecule has 0 saturated carbocycles. The van der Waals surface area contributed by atoms with Crippen LogP contribution in [0.2, 0.25) is 0 Å². The molecule has 1 N–H and O–H groups in total. The zero-order valence-electron chi connectivity index (χ0n) is 14.1. The van der Waals surface area contributed by atoms with E-state index < -0.39 is 0 Å². The molecule has 1 amide bonds. The Morgan fingerprint density at radius 1 is 1.33 bits per heavy atom. The average molecular weight is 292 g/mol. The van der Waals surface area contributed by atoms with Crippen molar-refractivity contribution in [2.24, 2.45) is 5.92 Å². The van der Waals surface area contributed by atoms with E-state index in [1.807, 2.05) is 20.9 Å². The van der Waals surface area contributed by atoms with Gasteiger partial charge < -0.3 is 10.2 Å². The van der Waals surface area contributed by atoms with Crippen LogP contribution in [0.25, 0.3) is 0 Å². The summed E-state index contributed by atoms with van der Waals surface area (Å²) in [6.07, 6.45) is 2.72.